The lowest BCUT2D eigenvalue weighted by Crippen LogP contribution is -2.51. The van der Waals surface area contributed by atoms with Crippen molar-refractivity contribution in [1.82, 2.24) is 30.5 Å². The van der Waals surface area contributed by atoms with Crippen LogP contribution in [-0.4, -0.2) is 48.9 Å². The van der Waals surface area contributed by atoms with Crippen LogP contribution in [-0.2, 0) is 16.1 Å². The van der Waals surface area contributed by atoms with Crippen LogP contribution in [0.4, 0.5) is 4.79 Å². The quantitative estimate of drug-likeness (QED) is 0.398. The van der Waals surface area contributed by atoms with Crippen LogP contribution in [0.2, 0.25) is 0 Å². The standard InChI is InChI=1S/C19H26N6O3S/c1-3-10-24-15(13-4-5-13)21-22-18(24)29-11-14(26)23-25-16(27)19(20-17(25)28)8-6-12(2)7-9-19/h3,12-13H,1,4-11H2,2H3,(H,20,28)(H,23,26). The highest BCUT2D eigenvalue weighted by Crippen LogP contribution is 2.40. The first-order valence-electron chi connectivity index (χ1n) is 10.1. The van der Waals surface area contributed by atoms with E-state index in [1.165, 1.54) is 11.8 Å². The van der Waals surface area contributed by atoms with Gasteiger partial charge in [0.1, 0.15) is 11.4 Å². The third-order valence-corrected chi connectivity index (χ3v) is 6.82. The molecule has 4 rings (SSSR count). The second-order valence-corrected chi connectivity index (χ2v) is 9.12. The van der Waals surface area contributed by atoms with Crippen molar-refractivity contribution in [2.75, 3.05) is 5.75 Å². The van der Waals surface area contributed by atoms with Crippen molar-refractivity contribution in [3.63, 3.8) is 0 Å². The normalized spacial score (nSPS) is 26.7. The molecule has 2 N–H and O–H groups in total. The minimum absolute atomic E-state index is 0.0288. The highest BCUT2D eigenvalue weighted by molar-refractivity contribution is 7.99. The van der Waals surface area contributed by atoms with Crippen LogP contribution in [0.25, 0.3) is 0 Å². The number of carbonyl (C=O) groups excluding carboxylic acids is 3. The number of allylic oxidation sites excluding steroid dienone is 1. The second-order valence-electron chi connectivity index (χ2n) is 8.17. The van der Waals surface area contributed by atoms with Gasteiger partial charge in [-0.05, 0) is 44.4 Å². The largest absolute Gasteiger partial charge is 0.344 e. The third kappa shape index (κ3) is 3.90. The molecule has 3 aliphatic rings. The van der Waals surface area contributed by atoms with E-state index in [4.69, 9.17) is 0 Å². The molecule has 1 saturated heterocycles. The van der Waals surface area contributed by atoms with Crippen LogP contribution in [0.3, 0.4) is 0 Å². The molecule has 2 aliphatic carbocycles. The first-order valence-corrected chi connectivity index (χ1v) is 11.0. The molecule has 29 heavy (non-hydrogen) atoms. The van der Waals surface area contributed by atoms with Crippen LogP contribution in [0.15, 0.2) is 17.8 Å². The van der Waals surface area contributed by atoms with Gasteiger partial charge in [-0.15, -0.1) is 16.8 Å². The summed E-state index contributed by atoms with van der Waals surface area (Å²) in [5.41, 5.74) is 1.59. The molecule has 1 spiro atoms. The van der Waals surface area contributed by atoms with Gasteiger partial charge in [0, 0.05) is 12.5 Å². The Hall–Kier alpha value is -2.36. The lowest BCUT2D eigenvalue weighted by Gasteiger charge is -2.33. The zero-order valence-corrected chi connectivity index (χ0v) is 17.3. The van der Waals surface area contributed by atoms with E-state index in [1.807, 2.05) is 4.57 Å². The predicted molar refractivity (Wildman–Crippen MR) is 107 cm³/mol. The lowest BCUT2D eigenvalue weighted by molar-refractivity contribution is -0.139. The highest BCUT2D eigenvalue weighted by atomic mass is 32.2. The smallest absolute Gasteiger partial charge is 0.322 e. The Morgan fingerprint density at radius 1 is 1.31 bits per heavy atom. The Labute approximate surface area is 173 Å². The van der Waals surface area contributed by atoms with Gasteiger partial charge in [-0.3, -0.25) is 15.0 Å². The van der Waals surface area contributed by atoms with Crippen molar-refractivity contribution in [2.24, 2.45) is 5.92 Å². The fraction of sp³-hybridized carbons (Fsp3) is 0.632. The molecule has 2 heterocycles. The number of urea groups is 1. The molecule has 1 aromatic rings. The number of nitrogens with one attached hydrogen (secondary N) is 2. The average molecular weight is 419 g/mol. The summed E-state index contributed by atoms with van der Waals surface area (Å²) in [6.07, 6.45) is 6.96. The van der Waals surface area contributed by atoms with Gasteiger partial charge < -0.3 is 9.88 Å². The van der Waals surface area contributed by atoms with E-state index in [2.05, 4.69) is 34.4 Å². The molecule has 3 fully saturated rings. The SMILES string of the molecule is C=CCn1c(SCC(=O)NN2C(=O)NC3(CCC(C)CC3)C2=O)nnc1C1CC1. The summed E-state index contributed by atoms with van der Waals surface area (Å²) in [5.74, 6) is 1.14. The Morgan fingerprint density at radius 3 is 2.69 bits per heavy atom. The summed E-state index contributed by atoms with van der Waals surface area (Å²) in [5, 5.41) is 12.7. The number of nitrogens with zero attached hydrogens (tertiary/aromatic N) is 4. The van der Waals surface area contributed by atoms with Gasteiger partial charge in [0.2, 0.25) is 5.91 Å². The fourth-order valence-corrected chi connectivity index (χ4v) is 4.70. The Bertz CT molecular complexity index is 841. The topological polar surface area (TPSA) is 109 Å². The van der Waals surface area contributed by atoms with Crippen molar-refractivity contribution < 1.29 is 14.4 Å². The molecular formula is C19H26N6O3S. The van der Waals surface area contributed by atoms with Crippen LogP contribution < -0.4 is 10.7 Å². The number of thioether (sulfide) groups is 1. The van der Waals surface area contributed by atoms with Crippen molar-refractivity contribution in [1.29, 1.82) is 0 Å². The summed E-state index contributed by atoms with van der Waals surface area (Å²) in [6, 6.07) is -0.561. The molecule has 10 heteroatoms. The van der Waals surface area contributed by atoms with E-state index in [9.17, 15) is 14.4 Å². The highest BCUT2D eigenvalue weighted by Gasteiger charge is 2.52. The predicted octanol–water partition coefficient (Wildman–Crippen LogP) is 1.97. The average Bonchev–Trinajstić information content (AvgIpc) is 3.43. The summed E-state index contributed by atoms with van der Waals surface area (Å²) in [7, 11) is 0. The molecule has 156 valence electrons. The van der Waals surface area contributed by atoms with Gasteiger partial charge in [0.25, 0.3) is 5.91 Å². The molecule has 0 radical (unpaired) electrons. The van der Waals surface area contributed by atoms with Crippen LogP contribution in [0, 0.1) is 5.92 Å². The summed E-state index contributed by atoms with van der Waals surface area (Å²) in [6.45, 7) is 6.49. The minimum Gasteiger partial charge on any atom is -0.322 e. The van der Waals surface area contributed by atoms with Crippen molar-refractivity contribution in [3.05, 3.63) is 18.5 Å². The molecule has 0 atom stereocenters. The van der Waals surface area contributed by atoms with Gasteiger partial charge in [-0.1, -0.05) is 24.8 Å². The van der Waals surface area contributed by atoms with E-state index in [1.54, 1.807) is 6.08 Å². The number of hydrogen-bond donors (Lipinski definition) is 2. The van der Waals surface area contributed by atoms with Crippen molar-refractivity contribution in [3.8, 4) is 0 Å². The molecule has 0 unspecified atom stereocenters. The first-order chi connectivity index (χ1) is 13.9. The van der Waals surface area contributed by atoms with Crippen LogP contribution >= 0.6 is 11.8 Å². The maximum Gasteiger partial charge on any atom is 0.344 e. The van der Waals surface area contributed by atoms with Gasteiger partial charge in [0.15, 0.2) is 5.16 Å². The van der Waals surface area contributed by atoms with E-state index in [0.29, 0.717) is 36.4 Å². The zero-order valence-electron chi connectivity index (χ0n) is 16.5. The summed E-state index contributed by atoms with van der Waals surface area (Å²) in [4.78, 5) is 37.6. The van der Waals surface area contributed by atoms with Crippen LogP contribution in [0.1, 0.15) is 57.2 Å². The van der Waals surface area contributed by atoms with Crippen LogP contribution in [0.5, 0.6) is 0 Å². The molecule has 4 amide bonds. The summed E-state index contributed by atoms with van der Waals surface area (Å²) < 4.78 is 1.97. The Morgan fingerprint density at radius 2 is 2.03 bits per heavy atom. The number of imide groups is 1. The van der Waals surface area contributed by atoms with E-state index < -0.39 is 17.5 Å². The first kappa shape index (κ1) is 19.9. The molecule has 0 aromatic carbocycles. The molecular weight excluding hydrogens is 392 g/mol. The van der Waals surface area contributed by atoms with E-state index in [-0.39, 0.29) is 11.7 Å². The van der Waals surface area contributed by atoms with E-state index >= 15 is 0 Å². The van der Waals surface area contributed by atoms with Gasteiger partial charge in [-0.2, -0.15) is 5.01 Å². The number of hydrazine groups is 1. The number of hydrogen-bond acceptors (Lipinski definition) is 6. The van der Waals surface area contributed by atoms with Crippen molar-refractivity contribution >= 4 is 29.6 Å². The van der Waals surface area contributed by atoms with Gasteiger partial charge in [-0.25, -0.2) is 4.79 Å². The second kappa shape index (κ2) is 7.81. The molecule has 2 saturated carbocycles. The third-order valence-electron chi connectivity index (χ3n) is 5.86. The number of aromatic nitrogens is 3. The fourth-order valence-electron chi connectivity index (χ4n) is 3.95. The van der Waals surface area contributed by atoms with Gasteiger partial charge >= 0.3 is 6.03 Å². The lowest BCUT2D eigenvalue weighted by atomic mass is 9.77. The number of carbonyl (C=O) groups is 3. The van der Waals surface area contributed by atoms with Crippen molar-refractivity contribution in [2.45, 2.75) is 68.6 Å². The number of amides is 4. The maximum atomic E-state index is 12.8. The molecule has 9 nitrogen and oxygen atoms in total. The Kier molecular flexibility index (Phi) is 5.37. The molecule has 1 aliphatic heterocycles. The zero-order chi connectivity index (χ0) is 20.6. The van der Waals surface area contributed by atoms with Gasteiger partial charge in [0.05, 0.1) is 5.75 Å². The monoisotopic (exact) mass is 418 g/mol. The molecule has 0 bridgehead atoms. The number of rotatable bonds is 7. The maximum absolute atomic E-state index is 12.8. The minimum atomic E-state index is -0.868. The molecule has 1 aromatic heterocycles. The van der Waals surface area contributed by atoms with E-state index in [0.717, 1.165) is 36.5 Å². The summed E-state index contributed by atoms with van der Waals surface area (Å²) >= 11 is 1.23. The Balaban J connectivity index is 1.36.